The van der Waals surface area contributed by atoms with E-state index in [1.54, 1.807) is 6.92 Å². The highest BCUT2D eigenvalue weighted by Crippen LogP contribution is 2.35. The molecule has 1 aliphatic rings. The van der Waals surface area contributed by atoms with Crippen molar-refractivity contribution in [2.75, 3.05) is 13.2 Å². The summed E-state index contributed by atoms with van der Waals surface area (Å²) in [6.45, 7) is 2.29. The first-order valence-electron chi connectivity index (χ1n) is 6.27. The standard InChI is InChI=1S/C15H14O4/c1-2-17-15(16)14-9-18-12-7-10-5-3-4-6-11(10)8-13(12)19-14/h3-8,14H,2,9H2,1H3. The van der Waals surface area contributed by atoms with Crippen LogP contribution in [0.1, 0.15) is 6.92 Å². The quantitative estimate of drug-likeness (QED) is 0.776. The second kappa shape index (κ2) is 4.80. The zero-order chi connectivity index (χ0) is 13.2. The van der Waals surface area contributed by atoms with Gasteiger partial charge >= 0.3 is 5.97 Å². The Bertz CT molecular complexity index is 621. The van der Waals surface area contributed by atoms with Gasteiger partial charge in [0.2, 0.25) is 6.10 Å². The average Bonchev–Trinajstić information content (AvgIpc) is 2.44. The minimum absolute atomic E-state index is 0.185. The topological polar surface area (TPSA) is 44.8 Å². The molecule has 0 amide bonds. The van der Waals surface area contributed by atoms with Gasteiger partial charge in [-0.15, -0.1) is 0 Å². The lowest BCUT2D eigenvalue weighted by atomic mass is 10.1. The molecule has 1 unspecified atom stereocenters. The van der Waals surface area contributed by atoms with Crippen molar-refractivity contribution in [2.45, 2.75) is 13.0 Å². The molecule has 1 aliphatic heterocycles. The van der Waals surface area contributed by atoms with Crippen molar-refractivity contribution in [3.05, 3.63) is 36.4 Å². The van der Waals surface area contributed by atoms with Crippen LogP contribution in [0.15, 0.2) is 36.4 Å². The third-order valence-electron chi connectivity index (χ3n) is 3.02. The average molecular weight is 258 g/mol. The molecule has 0 aliphatic carbocycles. The monoisotopic (exact) mass is 258 g/mol. The Kier molecular flexibility index (Phi) is 2.99. The number of ether oxygens (including phenoxy) is 3. The summed E-state index contributed by atoms with van der Waals surface area (Å²) >= 11 is 0. The van der Waals surface area contributed by atoms with E-state index in [1.807, 2.05) is 36.4 Å². The van der Waals surface area contributed by atoms with E-state index in [0.717, 1.165) is 10.8 Å². The number of carbonyl (C=O) groups excluding carboxylic acids is 1. The molecule has 0 N–H and O–H groups in total. The predicted molar refractivity (Wildman–Crippen MR) is 70.5 cm³/mol. The van der Waals surface area contributed by atoms with Crippen LogP contribution >= 0.6 is 0 Å². The van der Waals surface area contributed by atoms with Crippen molar-refractivity contribution in [2.24, 2.45) is 0 Å². The smallest absolute Gasteiger partial charge is 0.350 e. The van der Waals surface area contributed by atoms with Gasteiger partial charge in [-0.2, -0.15) is 0 Å². The fourth-order valence-electron chi connectivity index (χ4n) is 2.11. The highest BCUT2D eigenvalue weighted by atomic mass is 16.6. The summed E-state index contributed by atoms with van der Waals surface area (Å²) in [7, 11) is 0. The minimum atomic E-state index is -0.686. The Labute approximate surface area is 110 Å². The molecule has 0 saturated carbocycles. The molecule has 1 atom stereocenters. The van der Waals surface area contributed by atoms with Gasteiger partial charge in [0.1, 0.15) is 6.61 Å². The molecule has 0 radical (unpaired) electrons. The highest BCUT2D eigenvalue weighted by Gasteiger charge is 2.28. The van der Waals surface area contributed by atoms with Crippen molar-refractivity contribution >= 4 is 16.7 Å². The van der Waals surface area contributed by atoms with E-state index >= 15 is 0 Å². The van der Waals surface area contributed by atoms with E-state index in [0.29, 0.717) is 18.1 Å². The van der Waals surface area contributed by atoms with Crippen molar-refractivity contribution in [1.82, 2.24) is 0 Å². The largest absolute Gasteiger partial charge is 0.485 e. The maximum atomic E-state index is 11.6. The van der Waals surface area contributed by atoms with E-state index in [4.69, 9.17) is 14.2 Å². The van der Waals surface area contributed by atoms with E-state index in [-0.39, 0.29) is 12.6 Å². The zero-order valence-electron chi connectivity index (χ0n) is 10.6. The molecule has 3 rings (SSSR count). The van der Waals surface area contributed by atoms with E-state index in [2.05, 4.69) is 0 Å². The molecule has 19 heavy (non-hydrogen) atoms. The molecule has 2 aromatic carbocycles. The molecule has 0 fully saturated rings. The minimum Gasteiger partial charge on any atom is -0.485 e. The van der Waals surface area contributed by atoms with E-state index in [9.17, 15) is 4.79 Å². The Balaban J connectivity index is 1.92. The van der Waals surface area contributed by atoms with Gasteiger partial charge < -0.3 is 14.2 Å². The normalized spacial score (nSPS) is 17.2. The number of hydrogen-bond donors (Lipinski definition) is 0. The van der Waals surface area contributed by atoms with Crippen LogP contribution in [0.3, 0.4) is 0 Å². The first-order valence-corrected chi connectivity index (χ1v) is 6.27. The number of hydrogen-bond acceptors (Lipinski definition) is 4. The number of esters is 1. The maximum Gasteiger partial charge on any atom is 0.350 e. The van der Waals surface area contributed by atoms with Gasteiger partial charge in [0, 0.05) is 0 Å². The molecule has 0 bridgehead atoms. The fraction of sp³-hybridized carbons (Fsp3) is 0.267. The molecular weight excluding hydrogens is 244 g/mol. The summed E-state index contributed by atoms with van der Waals surface area (Å²) in [5.74, 6) is 0.864. The number of rotatable bonds is 2. The lowest BCUT2D eigenvalue weighted by Gasteiger charge is -2.25. The molecule has 98 valence electrons. The van der Waals surface area contributed by atoms with Gasteiger partial charge in [0.25, 0.3) is 0 Å². The van der Waals surface area contributed by atoms with Gasteiger partial charge in [-0.1, -0.05) is 24.3 Å². The Morgan fingerprint density at radius 1 is 1.26 bits per heavy atom. The molecule has 2 aromatic rings. The molecule has 1 heterocycles. The summed E-state index contributed by atoms with van der Waals surface area (Å²) in [6.07, 6.45) is -0.686. The highest BCUT2D eigenvalue weighted by molar-refractivity contribution is 5.86. The van der Waals surface area contributed by atoms with Crippen molar-refractivity contribution in [3.8, 4) is 11.5 Å². The second-order valence-corrected chi connectivity index (χ2v) is 4.32. The van der Waals surface area contributed by atoms with Crippen molar-refractivity contribution < 1.29 is 19.0 Å². The van der Waals surface area contributed by atoms with Gasteiger partial charge in [-0.3, -0.25) is 0 Å². The number of benzene rings is 2. The molecule has 4 heteroatoms. The van der Waals surface area contributed by atoms with Gasteiger partial charge in [-0.25, -0.2) is 4.79 Å². The summed E-state index contributed by atoms with van der Waals surface area (Å²) in [5.41, 5.74) is 0. The van der Waals surface area contributed by atoms with Crippen LogP contribution in [0, 0.1) is 0 Å². The molecule has 0 spiro atoms. The summed E-state index contributed by atoms with van der Waals surface area (Å²) in [5, 5.41) is 2.13. The van der Waals surface area contributed by atoms with Crippen molar-refractivity contribution in [3.63, 3.8) is 0 Å². The van der Waals surface area contributed by atoms with Crippen LogP contribution < -0.4 is 9.47 Å². The summed E-state index contributed by atoms with van der Waals surface area (Å²) in [6, 6.07) is 11.7. The lowest BCUT2D eigenvalue weighted by molar-refractivity contribution is -0.153. The molecule has 0 aromatic heterocycles. The molecule has 4 nitrogen and oxygen atoms in total. The molecular formula is C15H14O4. The van der Waals surface area contributed by atoms with Gasteiger partial charge in [0.15, 0.2) is 11.5 Å². The fourth-order valence-corrected chi connectivity index (χ4v) is 2.11. The predicted octanol–water partition coefficient (Wildman–Crippen LogP) is 2.54. The third kappa shape index (κ3) is 2.21. The van der Waals surface area contributed by atoms with Crippen LogP contribution in [0.4, 0.5) is 0 Å². The van der Waals surface area contributed by atoms with Crippen molar-refractivity contribution in [1.29, 1.82) is 0 Å². The van der Waals surface area contributed by atoms with Crippen LogP contribution in [0.25, 0.3) is 10.8 Å². The number of carbonyl (C=O) groups is 1. The first kappa shape index (κ1) is 11.8. The lowest BCUT2D eigenvalue weighted by Crippen LogP contribution is -2.37. The second-order valence-electron chi connectivity index (χ2n) is 4.32. The Hall–Kier alpha value is -2.23. The summed E-state index contributed by atoms with van der Waals surface area (Å²) in [4.78, 5) is 11.6. The Morgan fingerprint density at radius 2 is 1.95 bits per heavy atom. The van der Waals surface area contributed by atoms with E-state index in [1.165, 1.54) is 0 Å². The Morgan fingerprint density at radius 3 is 2.63 bits per heavy atom. The van der Waals surface area contributed by atoms with E-state index < -0.39 is 6.10 Å². The molecule has 0 saturated heterocycles. The zero-order valence-corrected chi connectivity index (χ0v) is 10.6. The van der Waals surface area contributed by atoms with Gasteiger partial charge in [-0.05, 0) is 29.8 Å². The van der Waals surface area contributed by atoms with Crippen LogP contribution in [0.5, 0.6) is 11.5 Å². The summed E-state index contributed by atoms with van der Waals surface area (Å²) < 4.78 is 16.2. The number of fused-ring (bicyclic) bond motifs is 2. The van der Waals surface area contributed by atoms with Crippen LogP contribution in [0.2, 0.25) is 0 Å². The van der Waals surface area contributed by atoms with Crippen LogP contribution in [-0.2, 0) is 9.53 Å². The first-order chi connectivity index (χ1) is 9.28. The third-order valence-corrected chi connectivity index (χ3v) is 3.02. The SMILES string of the molecule is CCOC(=O)C1COc2cc3ccccc3cc2O1. The van der Waals surface area contributed by atoms with Crippen LogP contribution in [-0.4, -0.2) is 25.3 Å². The van der Waals surface area contributed by atoms with Gasteiger partial charge in [0.05, 0.1) is 6.61 Å². The maximum absolute atomic E-state index is 11.6.